The average molecular weight is 173 g/mol. The number of esters is 1. The Balaban J connectivity index is 2.64. The van der Waals surface area contributed by atoms with Gasteiger partial charge in [-0.15, -0.1) is 0 Å². The molecule has 0 aliphatic carbocycles. The van der Waals surface area contributed by atoms with E-state index in [1.807, 2.05) is 20.8 Å². The van der Waals surface area contributed by atoms with E-state index in [1.54, 1.807) is 0 Å². The minimum Gasteiger partial charge on any atom is -0.468 e. The zero-order chi connectivity index (χ0) is 9.35. The van der Waals surface area contributed by atoms with Crippen LogP contribution >= 0.6 is 0 Å². The molecule has 0 bridgehead atoms. The first kappa shape index (κ1) is 9.48. The molecule has 1 rings (SSSR count). The fourth-order valence-electron chi connectivity index (χ4n) is 1.44. The number of carbonyl (C=O) groups excluding carboxylic acids is 1. The molecule has 4 nitrogen and oxygen atoms in total. The van der Waals surface area contributed by atoms with Gasteiger partial charge in [-0.2, -0.15) is 0 Å². The molecule has 0 amide bonds. The van der Waals surface area contributed by atoms with Crippen LogP contribution in [0.15, 0.2) is 0 Å². The SMILES string of the molecule is COC(=O)[C@H]1NC(C)(C)O[C@@H]1C. The molecule has 4 heteroatoms. The van der Waals surface area contributed by atoms with Gasteiger partial charge in [0.05, 0.1) is 13.2 Å². The van der Waals surface area contributed by atoms with Gasteiger partial charge in [-0.3, -0.25) is 10.1 Å². The highest BCUT2D eigenvalue weighted by molar-refractivity contribution is 5.76. The molecule has 2 atom stereocenters. The van der Waals surface area contributed by atoms with E-state index in [9.17, 15) is 4.79 Å². The summed E-state index contributed by atoms with van der Waals surface area (Å²) in [5.41, 5.74) is -0.432. The van der Waals surface area contributed by atoms with Gasteiger partial charge >= 0.3 is 5.97 Å². The predicted octanol–water partition coefficient (Wildman–Crippen LogP) is 0.272. The Hall–Kier alpha value is -0.610. The summed E-state index contributed by atoms with van der Waals surface area (Å²) < 4.78 is 10.1. The summed E-state index contributed by atoms with van der Waals surface area (Å²) in [6.45, 7) is 5.61. The maximum Gasteiger partial charge on any atom is 0.325 e. The Morgan fingerprint density at radius 1 is 1.58 bits per heavy atom. The first-order valence-electron chi connectivity index (χ1n) is 3.99. The van der Waals surface area contributed by atoms with Gasteiger partial charge in [0.25, 0.3) is 0 Å². The van der Waals surface area contributed by atoms with Crippen molar-refractivity contribution in [2.75, 3.05) is 7.11 Å². The first-order valence-corrected chi connectivity index (χ1v) is 3.99. The molecular formula is C8H15NO3. The lowest BCUT2D eigenvalue weighted by Gasteiger charge is -2.17. The van der Waals surface area contributed by atoms with Gasteiger partial charge in [0.1, 0.15) is 11.8 Å². The number of rotatable bonds is 1. The average Bonchev–Trinajstić information content (AvgIpc) is 2.23. The van der Waals surface area contributed by atoms with E-state index in [1.165, 1.54) is 7.11 Å². The normalized spacial score (nSPS) is 33.3. The van der Waals surface area contributed by atoms with E-state index in [4.69, 9.17) is 4.74 Å². The summed E-state index contributed by atoms with van der Waals surface area (Å²) in [4.78, 5) is 11.1. The zero-order valence-corrected chi connectivity index (χ0v) is 7.88. The van der Waals surface area contributed by atoms with Gasteiger partial charge < -0.3 is 9.47 Å². The summed E-state index contributed by atoms with van der Waals surface area (Å²) in [7, 11) is 1.38. The van der Waals surface area contributed by atoms with Crippen LogP contribution in [0, 0.1) is 0 Å². The van der Waals surface area contributed by atoms with Crippen molar-refractivity contribution >= 4 is 5.97 Å². The molecule has 0 spiro atoms. The van der Waals surface area contributed by atoms with Crippen LogP contribution in [0.5, 0.6) is 0 Å². The Morgan fingerprint density at radius 3 is 2.50 bits per heavy atom. The van der Waals surface area contributed by atoms with Gasteiger partial charge in [0.15, 0.2) is 0 Å². The Morgan fingerprint density at radius 2 is 2.17 bits per heavy atom. The third kappa shape index (κ3) is 1.76. The Labute approximate surface area is 72.2 Å². The minimum absolute atomic E-state index is 0.132. The molecule has 1 saturated heterocycles. The number of methoxy groups -OCH3 is 1. The fourth-order valence-corrected chi connectivity index (χ4v) is 1.44. The van der Waals surface area contributed by atoms with Crippen LogP contribution in [0.25, 0.3) is 0 Å². The monoisotopic (exact) mass is 173 g/mol. The molecule has 0 unspecified atom stereocenters. The van der Waals surface area contributed by atoms with Gasteiger partial charge in [0, 0.05) is 0 Å². The van der Waals surface area contributed by atoms with E-state index in [0.717, 1.165) is 0 Å². The van der Waals surface area contributed by atoms with E-state index in [2.05, 4.69) is 10.1 Å². The lowest BCUT2D eigenvalue weighted by molar-refractivity contribution is -0.143. The number of nitrogens with one attached hydrogen (secondary N) is 1. The van der Waals surface area contributed by atoms with E-state index < -0.39 is 5.72 Å². The van der Waals surface area contributed by atoms with Crippen LogP contribution in [0.2, 0.25) is 0 Å². The fraction of sp³-hybridized carbons (Fsp3) is 0.875. The Bertz CT molecular complexity index is 191. The molecular weight excluding hydrogens is 158 g/mol. The van der Waals surface area contributed by atoms with Crippen molar-refractivity contribution in [3.8, 4) is 0 Å². The summed E-state index contributed by atoms with van der Waals surface area (Å²) in [5, 5.41) is 3.03. The summed E-state index contributed by atoms with van der Waals surface area (Å²) in [5.74, 6) is -0.270. The first-order chi connectivity index (χ1) is 5.46. The molecule has 0 aromatic heterocycles. The van der Waals surface area contributed by atoms with Crippen molar-refractivity contribution in [2.24, 2.45) is 0 Å². The molecule has 70 valence electrons. The highest BCUT2D eigenvalue weighted by Gasteiger charge is 2.41. The predicted molar refractivity (Wildman–Crippen MR) is 43.6 cm³/mol. The van der Waals surface area contributed by atoms with Crippen molar-refractivity contribution in [1.29, 1.82) is 0 Å². The number of hydrogen-bond donors (Lipinski definition) is 1. The highest BCUT2D eigenvalue weighted by atomic mass is 16.6. The lowest BCUT2D eigenvalue weighted by atomic mass is 10.2. The van der Waals surface area contributed by atoms with Crippen molar-refractivity contribution in [1.82, 2.24) is 5.32 Å². The van der Waals surface area contributed by atoms with Crippen LogP contribution in [-0.4, -0.2) is 30.9 Å². The molecule has 1 N–H and O–H groups in total. The molecule has 0 radical (unpaired) electrons. The van der Waals surface area contributed by atoms with Gasteiger partial charge in [-0.1, -0.05) is 0 Å². The van der Waals surface area contributed by atoms with Crippen LogP contribution in [-0.2, 0) is 14.3 Å². The van der Waals surface area contributed by atoms with Crippen LogP contribution < -0.4 is 5.32 Å². The zero-order valence-electron chi connectivity index (χ0n) is 7.88. The van der Waals surface area contributed by atoms with Gasteiger partial charge in [0.2, 0.25) is 0 Å². The maximum absolute atomic E-state index is 11.1. The number of hydrogen-bond acceptors (Lipinski definition) is 4. The standard InChI is InChI=1S/C8H15NO3/c1-5-6(7(10)11-4)9-8(2,3)12-5/h5-6,9H,1-4H3/t5-,6+/m1/s1. The number of carbonyl (C=O) groups is 1. The summed E-state index contributed by atoms with van der Waals surface area (Å²) >= 11 is 0. The second kappa shape index (κ2) is 3.03. The molecule has 12 heavy (non-hydrogen) atoms. The van der Waals surface area contributed by atoms with E-state index >= 15 is 0 Å². The lowest BCUT2D eigenvalue weighted by Crippen LogP contribution is -2.43. The summed E-state index contributed by atoms with van der Waals surface area (Å²) in [6.07, 6.45) is -0.132. The van der Waals surface area contributed by atoms with E-state index in [-0.39, 0.29) is 18.1 Å². The quantitative estimate of drug-likeness (QED) is 0.578. The van der Waals surface area contributed by atoms with Crippen molar-refractivity contribution in [2.45, 2.75) is 38.6 Å². The summed E-state index contributed by atoms with van der Waals surface area (Å²) in [6, 6.07) is -0.343. The van der Waals surface area contributed by atoms with Gasteiger partial charge in [-0.25, -0.2) is 0 Å². The van der Waals surface area contributed by atoms with Crippen LogP contribution in [0.4, 0.5) is 0 Å². The second-order valence-electron chi connectivity index (χ2n) is 3.48. The van der Waals surface area contributed by atoms with Crippen LogP contribution in [0.3, 0.4) is 0 Å². The topological polar surface area (TPSA) is 47.6 Å². The smallest absolute Gasteiger partial charge is 0.325 e. The molecule has 1 heterocycles. The molecule has 1 aliphatic rings. The van der Waals surface area contributed by atoms with Crippen molar-refractivity contribution < 1.29 is 14.3 Å². The third-order valence-corrected chi connectivity index (χ3v) is 1.91. The number of ether oxygens (including phenoxy) is 2. The van der Waals surface area contributed by atoms with Crippen LogP contribution in [0.1, 0.15) is 20.8 Å². The van der Waals surface area contributed by atoms with Gasteiger partial charge in [-0.05, 0) is 20.8 Å². The molecule has 0 aromatic rings. The molecule has 0 saturated carbocycles. The van der Waals surface area contributed by atoms with Crippen molar-refractivity contribution in [3.05, 3.63) is 0 Å². The minimum atomic E-state index is -0.432. The largest absolute Gasteiger partial charge is 0.468 e. The Kier molecular flexibility index (Phi) is 2.39. The molecule has 1 aliphatic heterocycles. The molecule has 1 fully saturated rings. The molecule has 0 aromatic carbocycles. The van der Waals surface area contributed by atoms with E-state index in [0.29, 0.717) is 0 Å². The second-order valence-corrected chi connectivity index (χ2v) is 3.48. The maximum atomic E-state index is 11.1. The van der Waals surface area contributed by atoms with Crippen molar-refractivity contribution in [3.63, 3.8) is 0 Å². The third-order valence-electron chi connectivity index (χ3n) is 1.91. The highest BCUT2D eigenvalue weighted by Crippen LogP contribution is 2.21.